The van der Waals surface area contributed by atoms with E-state index in [1.165, 1.54) is 48.8 Å². The molecule has 1 N–H and O–H groups in total. The van der Waals surface area contributed by atoms with Crippen molar-refractivity contribution in [1.29, 1.82) is 0 Å². The predicted molar refractivity (Wildman–Crippen MR) is 76.8 cm³/mol. The zero-order valence-electron chi connectivity index (χ0n) is 12.0. The van der Waals surface area contributed by atoms with Crippen molar-refractivity contribution in [2.45, 2.75) is 64.9 Å². The van der Waals surface area contributed by atoms with Gasteiger partial charge in [0, 0.05) is 6.42 Å². The van der Waals surface area contributed by atoms with E-state index in [-0.39, 0.29) is 0 Å². The molecule has 0 saturated heterocycles. The molecule has 0 amide bonds. The lowest BCUT2D eigenvalue weighted by Gasteiger charge is -2.36. The third kappa shape index (κ3) is 3.14. The third-order valence-electron chi connectivity index (χ3n) is 4.54. The molecule has 0 spiro atoms. The molecule has 0 heterocycles. The van der Waals surface area contributed by atoms with Crippen LogP contribution in [0.5, 0.6) is 0 Å². The van der Waals surface area contributed by atoms with Gasteiger partial charge in [-0.2, -0.15) is 0 Å². The van der Waals surface area contributed by atoms with E-state index in [1.54, 1.807) is 0 Å². The molecule has 2 rings (SSSR count). The molecule has 18 heavy (non-hydrogen) atoms. The lowest BCUT2D eigenvalue weighted by molar-refractivity contribution is -0.0160. The summed E-state index contributed by atoms with van der Waals surface area (Å²) in [5, 5.41) is 10.8. The molecule has 0 aliphatic heterocycles. The van der Waals surface area contributed by atoms with Crippen LogP contribution in [0.3, 0.4) is 0 Å². The average Bonchev–Trinajstić information content (AvgIpc) is 2.35. The van der Waals surface area contributed by atoms with Gasteiger partial charge < -0.3 is 5.11 Å². The van der Waals surface area contributed by atoms with Gasteiger partial charge in [0.05, 0.1) is 5.60 Å². The van der Waals surface area contributed by atoms with Crippen LogP contribution in [0.2, 0.25) is 0 Å². The largest absolute Gasteiger partial charge is 0.390 e. The highest BCUT2D eigenvalue weighted by molar-refractivity contribution is 5.31. The fraction of sp³-hybridized carbons (Fsp3) is 0.647. The van der Waals surface area contributed by atoms with Crippen molar-refractivity contribution in [2.75, 3.05) is 0 Å². The summed E-state index contributed by atoms with van der Waals surface area (Å²) in [7, 11) is 0. The maximum atomic E-state index is 10.8. The second-order valence-corrected chi connectivity index (χ2v) is 6.30. The van der Waals surface area contributed by atoms with E-state index in [2.05, 4.69) is 32.0 Å². The molecule has 1 aromatic rings. The second kappa shape index (κ2) is 5.44. The Labute approximate surface area is 111 Å². The maximum absolute atomic E-state index is 10.8. The smallest absolute Gasteiger partial charge is 0.0688 e. The van der Waals surface area contributed by atoms with Crippen LogP contribution < -0.4 is 0 Å². The molecule has 1 heteroatoms. The molecule has 1 aromatic carbocycles. The Morgan fingerprint density at radius 1 is 1.17 bits per heavy atom. The van der Waals surface area contributed by atoms with E-state index in [0.29, 0.717) is 5.92 Å². The van der Waals surface area contributed by atoms with E-state index in [1.807, 2.05) is 6.92 Å². The van der Waals surface area contributed by atoms with Crippen LogP contribution in [0, 0.1) is 19.8 Å². The number of hydrogen-bond donors (Lipinski definition) is 1. The van der Waals surface area contributed by atoms with Crippen LogP contribution in [0.1, 0.15) is 55.7 Å². The lowest BCUT2D eigenvalue weighted by atomic mass is 9.74. The minimum atomic E-state index is -0.543. The highest BCUT2D eigenvalue weighted by Crippen LogP contribution is 2.35. The molecule has 1 saturated carbocycles. The summed E-state index contributed by atoms with van der Waals surface area (Å²) in [6, 6.07) is 6.54. The Hall–Kier alpha value is -0.820. The highest BCUT2D eigenvalue weighted by Gasteiger charge is 2.33. The topological polar surface area (TPSA) is 20.2 Å². The summed E-state index contributed by atoms with van der Waals surface area (Å²) in [5.41, 5.74) is 3.36. The molecule has 1 nitrogen and oxygen atoms in total. The van der Waals surface area contributed by atoms with E-state index >= 15 is 0 Å². The van der Waals surface area contributed by atoms with Crippen molar-refractivity contribution < 1.29 is 5.11 Å². The number of aliphatic hydroxyl groups is 1. The fourth-order valence-corrected chi connectivity index (χ4v) is 3.25. The van der Waals surface area contributed by atoms with Crippen LogP contribution in [-0.2, 0) is 6.42 Å². The van der Waals surface area contributed by atoms with Gasteiger partial charge in [-0.25, -0.2) is 0 Å². The molecule has 1 aliphatic rings. The molecule has 0 bridgehead atoms. The van der Waals surface area contributed by atoms with Gasteiger partial charge >= 0.3 is 0 Å². The molecule has 1 aliphatic carbocycles. The SMILES string of the molecule is Cc1ccc(C)c(CC(C)(O)C2CCCCC2)c1. The molecule has 0 aromatic heterocycles. The first kappa shape index (κ1) is 13.6. The minimum Gasteiger partial charge on any atom is -0.390 e. The van der Waals surface area contributed by atoms with E-state index in [9.17, 15) is 5.11 Å². The standard InChI is InChI=1S/C17H26O/c1-13-9-10-14(2)15(11-13)12-17(3,18)16-7-5-4-6-8-16/h9-11,16,18H,4-8,12H2,1-3H3. The van der Waals surface area contributed by atoms with Crippen molar-refractivity contribution in [3.05, 3.63) is 34.9 Å². The average molecular weight is 246 g/mol. The molecule has 100 valence electrons. The summed E-state index contributed by atoms with van der Waals surface area (Å²) < 4.78 is 0. The van der Waals surface area contributed by atoms with Gasteiger partial charge in [-0.05, 0) is 50.7 Å². The van der Waals surface area contributed by atoms with Crippen molar-refractivity contribution in [1.82, 2.24) is 0 Å². The molecule has 0 radical (unpaired) electrons. The van der Waals surface area contributed by atoms with Gasteiger partial charge in [0.25, 0.3) is 0 Å². The number of benzene rings is 1. The van der Waals surface area contributed by atoms with Crippen LogP contribution in [0.15, 0.2) is 18.2 Å². The third-order valence-corrected chi connectivity index (χ3v) is 4.54. The summed E-state index contributed by atoms with van der Waals surface area (Å²) in [6.45, 7) is 6.30. The number of aryl methyl sites for hydroxylation is 2. The molecule has 1 atom stereocenters. The molecular formula is C17H26O. The fourth-order valence-electron chi connectivity index (χ4n) is 3.25. The van der Waals surface area contributed by atoms with Crippen LogP contribution in [0.4, 0.5) is 0 Å². The van der Waals surface area contributed by atoms with Gasteiger partial charge in [0.15, 0.2) is 0 Å². The van der Waals surface area contributed by atoms with Gasteiger partial charge in [-0.1, -0.05) is 43.0 Å². The Kier molecular flexibility index (Phi) is 4.11. The van der Waals surface area contributed by atoms with Crippen molar-refractivity contribution >= 4 is 0 Å². The summed E-state index contributed by atoms with van der Waals surface area (Å²) in [4.78, 5) is 0. The van der Waals surface area contributed by atoms with E-state index in [0.717, 1.165) is 6.42 Å². The maximum Gasteiger partial charge on any atom is 0.0688 e. The van der Waals surface area contributed by atoms with Crippen molar-refractivity contribution in [2.24, 2.45) is 5.92 Å². The van der Waals surface area contributed by atoms with Gasteiger partial charge in [-0.3, -0.25) is 0 Å². The van der Waals surface area contributed by atoms with Gasteiger partial charge in [-0.15, -0.1) is 0 Å². The zero-order valence-corrected chi connectivity index (χ0v) is 12.0. The first-order valence-electron chi connectivity index (χ1n) is 7.27. The monoisotopic (exact) mass is 246 g/mol. The Morgan fingerprint density at radius 3 is 2.50 bits per heavy atom. The highest BCUT2D eigenvalue weighted by atomic mass is 16.3. The Balaban J connectivity index is 2.13. The first-order chi connectivity index (χ1) is 8.49. The van der Waals surface area contributed by atoms with Gasteiger partial charge in [0.1, 0.15) is 0 Å². The lowest BCUT2D eigenvalue weighted by Crippen LogP contribution is -2.38. The Bertz CT molecular complexity index is 400. The summed E-state index contributed by atoms with van der Waals surface area (Å²) in [5.74, 6) is 0.478. The molecule has 1 fully saturated rings. The number of rotatable bonds is 3. The molecule has 1 unspecified atom stereocenters. The minimum absolute atomic E-state index is 0.478. The van der Waals surface area contributed by atoms with Crippen molar-refractivity contribution in [3.63, 3.8) is 0 Å². The first-order valence-corrected chi connectivity index (χ1v) is 7.27. The Morgan fingerprint density at radius 2 is 1.83 bits per heavy atom. The quantitative estimate of drug-likeness (QED) is 0.848. The zero-order chi connectivity index (χ0) is 13.2. The number of hydrogen-bond acceptors (Lipinski definition) is 1. The summed E-state index contributed by atoms with van der Waals surface area (Å²) >= 11 is 0. The van der Waals surface area contributed by atoms with E-state index in [4.69, 9.17) is 0 Å². The van der Waals surface area contributed by atoms with Crippen LogP contribution in [0.25, 0.3) is 0 Å². The second-order valence-electron chi connectivity index (χ2n) is 6.30. The van der Waals surface area contributed by atoms with Crippen LogP contribution in [-0.4, -0.2) is 10.7 Å². The summed E-state index contributed by atoms with van der Waals surface area (Å²) in [6.07, 6.45) is 7.10. The normalized spacial score (nSPS) is 20.7. The van der Waals surface area contributed by atoms with Gasteiger partial charge in [0.2, 0.25) is 0 Å². The van der Waals surface area contributed by atoms with E-state index < -0.39 is 5.60 Å². The van der Waals surface area contributed by atoms with Crippen LogP contribution >= 0.6 is 0 Å². The molecular weight excluding hydrogens is 220 g/mol. The van der Waals surface area contributed by atoms with Crippen molar-refractivity contribution in [3.8, 4) is 0 Å². The predicted octanol–water partition coefficient (Wildman–Crippen LogP) is 4.18.